The number of carbonyl (C=O) groups is 1. The molecule has 0 amide bonds. The van der Waals surface area contributed by atoms with E-state index in [2.05, 4.69) is 37.6 Å². The minimum absolute atomic E-state index is 0.290. The van der Waals surface area contributed by atoms with Crippen molar-refractivity contribution in [3.05, 3.63) is 59.2 Å². The largest absolute Gasteiger partial charge is 0.426 e. The second kappa shape index (κ2) is 9.41. The summed E-state index contributed by atoms with van der Waals surface area (Å²) in [6.45, 7) is 2.71. The quantitative estimate of drug-likeness (QED) is 0.402. The van der Waals surface area contributed by atoms with E-state index in [1.165, 1.54) is 41.1 Å². The Morgan fingerprint density at radius 2 is 2.33 bits per heavy atom. The molecule has 0 saturated heterocycles. The first-order valence-corrected chi connectivity index (χ1v) is 10.9. The first-order valence-electron chi connectivity index (χ1n) is 9.30. The van der Waals surface area contributed by atoms with Crippen molar-refractivity contribution >= 4 is 40.8 Å². The Hall–Kier alpha value is -2.69. The first kappa shape index (κ1) is 20.6. The number of rotatable bonds is 8. The molecule has 0 spiro atoms. The van der Waals surface area contributed by atoms with Crippen LogP contribution >= 0.6 is 23.5 Å². The molecule has 0 fully saturated rings. The molecule has 2 N–H and O–H groups in total. The highest BCUT2D eigenvalue weighted by Gasteiger charge is 2.18. The van der Waals surface area contributed by atoms with Crippen LogP contribution in [0.25, 0.3) is 0 Å². The summed E-state index contributed by atoms with van der Waals surface area (Å²) in [7, 11) is 1.86. The van der Waals surface area contributed by atoms with Crippen molar-refractivity contribution in [3.63, 3.8) is 0 Å². The highest BCUT2D eigenvalue weighted by atomic mass is 32.2. The van der Waals surface area contributed by atoms with Gasteiger partial charge in [0, 0.05) is 43.8 Å². The van der Waals surface area contributed by atoms with Gasteiger partial charge in [-0.25, -0.2) is 9.37 Å². The third kappa shape index (κ3) is 4.55. The van der Waals surface area contributed by atoms with Gasteiger partial charge in [-0.05, 0) is 41.6 Å². The number of halogens is 1. The maximum absolute atomic E-state index is 14.8. The molecule has 0 bridgehead atoms. The number of carbonyl (C=O) groups excluding carboxylic acids is 1. The first-order chi connectivity index (χ1) is 14.7. The number of nitrogens with zero attached hydrogens (tertiary/aromatic N) is 3. The van der Waals surface area contributed by atoms with Crippen molar-refractivity contribution in [1.29, 1.82) is 0 Å². The normalized spacial score (nSPS) is 12.9. The van der Waals surface area contributed by atoms with E-state index in [9.17, 15) is 9.18 Å². The summed E-state index contributed by atoms with van der Waals surface area (Å²) >= 11 is 2.21. The van der Waals surface area contributed by atoms with E-state index in [0.29, 0.717) is 34.5 Å². The lowest BCUT2D eigenvalue weighted by Crippen LogP contribution is -2.26. The van der Waals surface area contributed by atoms with Crippen LogP contribution in [0.2, 0.25) is 0 Å². The maximum Gasteiger partial charge on any atom is 0.298 e. The summed E-state index contributed by atoms with van der Waals surface area (Å²) in [6, 6.07) is 9.18. The molecule has 0 saturated carbocycles. The summed E-state index contributed by atoms with van der Waals surface area (Å²) in [5.41, 5.74) is 4.28. The molecule has 1 aliphatic heterocycles. The summed E-state index contributed by atoms with van der Waals surface area (Å²) in [6.07, 6.45) is 2.41. The summed E-state index contributed by atoms with van der Waals surface area (Å²) in [5, 5.41) is 3.96. The van der Waals surface area contributed by atoms with Gasteiger partial charge in [-0.3, -0.25) is 4.79 Å². The Morgan fingerprint density at radius 1 is 1.43 bits per heavy atom. The second-order valence-electron chi connectivity index (χ2n) is 6.75. The molecular weight excluding hydrogens is 425 g/mol. The van der Waals surface area contributed by atoms with Gasteiger partial charge in [-0.1, -0.05) is 18.2 Å². The lowest BCUT2D eigenvalue weighted by molar-refractivity contribution is -0.120. The van der Waals surface area contributed by atoms with Crippen LogP contribution in [0.3, 0.4) is 0 Å². The topological polar surface area (TPSA) is 79.4 Å². The van der Waals surface area contributed by atoms with Crippen LogP contribution in [0.15, 0.2) is 41.6 Å². The highest BCUT2D eigenvalue weighted by molar-refractivity contribution is 8.00. The zero-order valence-corrected chi connectivity index (χ0v) is 17.9. The fourth-order valence-corrected chi connectivity index (χ4v) is 4.57. The second-order valence-corrected chi connectivity index (χ2v) is 8.38. The van der Waals surface area contributed by atoms with Crippen molar-refractivity contribution in [3.8, 4) is 5.75 Å². The molecule has 10 heteroatoms. The molecule has 4 rings (SSSR count). The number of benzene rings is 2. The molecule has 7 nitrogen and oxygen atoms in total. The van der Waals surface area contributed by atoms with Gasteiger partial charge in [0.25, 0.3) is 6.47 Å². The average Bonchev–Trinajstić information content (AvgIpc) is 3.28. The van der Waals surface area contributed by atoms with Gasteiger partial charge < -0.3 is 19.7 Å². The number of nitrogens with one attached hydrogen (secondary N) is 2. The predicted octanol–water partition coefficient (Wildman–Crippen LogP) is 3.61. The van der Waals surface area contributed by atoms with Gasteiger partial charge >= 0.3 is 0 Å². The molecule has 0 atom stereocenters. The third-order valence-corrected chi connectivity index (χ3v) is 6.40. The van der Waals surface area contributed by atoms with Crippen LogP contribution in [-0.4, -0.2) is 29.4 Å². The van der Waals surface area contributed by atoms with Crippen LogP contribution in [-0.2, 0) is 24.3 Å². The predicted molar refractivity (Wildman–Crippen MR) is 116 cm³/mol. The van der Waals surface area contributed by atoms with Crippen LogP contribution in [0.1, 0.15) is 16.7 Å². The molecule has 1 aliphatic rings. The van der Waals surface area contributed by atoms with Gasteiger partial charge in [0.2, 0.25) is 5.13 Å². The van der Waals surface area contributed by atoms with Gasteiger partial charge in [0.15, 0.2) is 5.75 Å². The number of hydrogen-bond donors (Lipinski definition) is 2. The van der Waals surface area contributed by atoms with Crippen molar-refractivity contribution in [2.24, 2.45) is 0 Å². The van der Waals surface area contributed by atoms with E-state index < -0.39 is 5.82 Å². The van der Waals surface area contributed by atoms with Crippen molar-refractivity contribution in [2.45, 2.75) is 24.4 Å². The standard InChI is InChI=1S/C20H20FN5O2S2/c1-26(10-14-4-2-3-13-5-6-22-9-15(13)14)17-7-16(21)19(8-18(17)28-12-27)29-25-20-23-11-24-30-20/h2-4,7-8,11-12,22H,5-6,9-10H2,1H3,(H,23,24,25). The van der Waals surface area contributed by atoms with E-state index >= 15 is 0 Å². The number of ether oxygens (including phenoxy) is 1. The van der Waals surface area contributed by atoms with E-state index in [1.54, 1.807) is 0 Å². The Bertz CT molecular complexity index is 1030. The van der Waals surface area contributed by atoms with Gasteiger partial charge in [0.05, 0.1) is 10.6 Å². The molecule has 1 aromatic heterocycles. The highest BCUT2D eigenvalue weighted by Crippen LogP contribution is 2.36. The Morgan fingerprint density at radius 3 is 3.13 bits per heavy atom. The lowest BCUT2D eigenvalue weighted by Gasteiger charge is -2.26. The van der Waals surface area contributed by atoms with Crippen molar-refractivity contribution in [2.75, 3.05) is 23.2 Å². The van der Waals surface area contributed by atoms with Crippen LogP contribution < -0.4 is 19.7 Å². The molecule has 0 radical (unpaired) electrons. The Kier molecular flexibility index (Phi) is 6.46. The molecule has 2 aromatic carbocycles. The molecule has 2 heterocycles. The average molecular weight is 446 g/mol. The van der Waals surface area contributed by atoms with Gasteiger partial charge in [0.1, 0.15) is 12.1 Å². The third-order valence-electron chi connectivity index (χ3n) is 4.86. The summed E-state index contributed by atoms with van der Waals surface area (Å²) < 4.78 is 26.8. The van der Waals surface area contributed by atoms with E-state index in [-0.39, 0.29) is 0 Å². The van der Waals surface area contributed by atoms with Crippen molar-refractivity contribution in [1.82, 2.24) is 14.7 Å². The molecule has 3 aromatic rings. The van der Waals surface area contributed by atoms with E-state index in [1.807, 2.05) is 11.9 Å². The smallest absolute Gasteiger partial charge is 0.298 e. The Labute approximate surface area is 182 Å². The van der Waals surface area contributed by atoms with Gasteiger partial charge in [-0.15, -0.1) is 0 Å². The Balaban J connectivity index is 1.58. The minimum atomic E-state index is -0.422. The van der Waals surface area contributed by atoms with Crippen LogP contribution in [0, 0.1) is 5.82 Å². The number of hydrogen-bond acceptors (Lipinski definition) is 9. The molecule has 0 aliphatic carbocycles. The molecular formula is C20H20FN5O2S2. The number of fused-ring (bicyclic) bond motifs is 1. The molecule has 30 heavy (non-hydrogen) atoms. The monoisotopic (exact) mass is 445 g/mol. The van der Waals surface area contributed by atoms with E-state index in [0.717, 1.165) is 37.0 Å². The SMILES string of the molecule is CN(Cc1cccc2c1CNCC2)c1cc(F)c(SNc2ncns2)cc1OC=O. The number of aromatic nitrogens is 2. The fraction of sp³-hybridized carbons (Fsp3) is 0.250. The van der Waals surface area contributed by atoms with Gasteiger partial charge in [-0.2, -0.15) is 4.37 Å². The van der Waals surface area contributed by atoms with E-state index in [4.69, 9.17) is 4.74 Å². The van der Waals surface area contributed by atoms with Crippen LogP contribution in [0.5, 0.6) is 5.75 Å². The minimum Gasteiger partial charge on any atom is -0.426 e. The lowest BCUT2D eigenvalue weighted by atomic mass is 9.95. The summed E-state index contributed by atoms with van der Waals surface area (Å²) in [5.74, 6) is -0.132. The molecule has 156 valence electrons. The zero-order chi connectivity index (χ0) is 20.9. The molecule has 0 unspecified atom stereocenters. The maximum atomic E-state index is 14.8. The summed E-state index contributed by atoms with van der Waals surface area (Å²) in [4.78, 5) is 17.2. The van der Waals surface area contributed by atoms with Crippen LogP contribution in [0.4, 0.5) is 15.2 Å². The fourth-order valence-electron chi connectivity index (χ4n) is 3.44. The number of anilines is 2. The zero-order valence-electron chi connectivity index (χ0n) is 16.2. The van der Waals surface area contributed by atoms with Crippen molar-refractivity contribution < 1.29 is 13.9 Å².